The predicted octanol–water partition coefficient (Wildman–Crippen LogP) is 5.96. The van der Waals surface area contributed by atoms with Gasteiger partial charge in [-0.15, -0.1) is 0 Å². The van der Waals surface area contributed by atoms with E-state index in [1.165, 1.54) is 12.0 Å². The topological polar surface area (TPSA) is 50.8 Å². The van der Waals surface area contributed by atoms with Crippen LogP contribution in [0, 0.1) is 0 Å². The smallest absolute Gasteiger partial charge is 0.276 e. The van der Waals surface area contributed by atoms with Gasteiger partial charge in [-0.3, -0.25) is 9.69 Å². The minimum Gasteiger partial charge on any atom is -0.496 e. The lowest BCUT2D eigenvalue weighted by atomic mass is 9.87. The molecule has 1 amide bonds. The van der Waals surface area contributed by atoms with Gasteiger partial charge in [0.1, 0.15) is 23.8 Å². The molecular formula is C28H34N2O3S. The molecule has 180 valence electrons. The summed E-state index contributed by atoms with van der Waals surface area (Å²) in [5, 5.41) is 3.64. The van der Waals surface area contributed by atoms with Gasteiger partial charge >= 0.3 is 0 Å². The summed E-state index contributed by atoms with van der Waals surface area (Å²) in [7, 11) is 1.65. The third-order valence-corrected chi connectivity index (χ3v) is 6.88. The first kappa shape index (κ1) is 24.3. The summed E-state index contributed by atoms with van der Waals surface area (Å²) < 4.78 is 11.6. The zero-order chi connectivity index (χ0) is 24.3. The third-order valence-electron chi connectivity index (χ3n) is 6.58. The number of nitrogens with zero attached hydrogens (tertiary/aromatic N) is 1. The second-order valence-electron chi connectivity index (χ2n) is 10.1. The normalized spacial score (nSPS) is 18.4. The maximum atomic E-state index is 13.1. The number of thiocarbonyl (C=S) groups is 1. The summed E-state index contributed by atoms with van der Waals surface area (Å²) in [5.74, 6) is 1.52. The Kier molecular flexibility index (Phi) is 7.27. The number of methoxy groups -OCH3 is 1. The number of ether oxygens (including phenoxy) is 2. The van der Waals surface area contributed by atoms with Crippen molar-refractivity contribution in [3.05, 3.63) is 64.9 Å². The van der Waals surface area contributed by atoms with Crippen molar-refractivity contribution in [1.29, 1.82) is 0 Å². The molecule has 1 aliphatic carbocycles. The van der Waals surface area contributed by atoms with Gasteiger partial charge in [0, 0.05) is 11.6 Å². The van der Waals surface area contributed by atoms with Crippen LogP contribution in [0.1, 0.15) is 69.6 Å². The minimum absolute atomic E-state index is 0.0375. The highest BCUT2D eigenvalue weighted by molar-refractivity contribution is 7.80. The van der Waals surface area contributed by atoms with E-state index in [9.17, 15) is 4.79 Å². The lowest BCUT2D eigenvalue weighted by Crippen LogP contribution is -2.41. The second-order valence-corrected chi connectivity index (χ2v) is 10.5. The Morgan fingerprint density at radius 3 is 2.44 bits per heavy atom. The van der Waals surface area contributed by atoms with Crippen molar-refractivity contribution in [2.45, 2.75) is 70.9 Å². The van der Waals surface area contributed by atoms with Gasteiger partial charge in [-0.25, -0.2) is 0 Å². The SMILES string of the molecule is COc1ccc(/C=C2/NC(=S)N(C3CCCCC3)C2=O)cc1COc1ccc(C(C)(C)C)cc1. The number of carbonyl (C=O) groups is 1. The van der Waals surface area contributed by atoms with E-state index in [4.69, 9.17) is 21.7 Å². The molecule has 2 fully saturated rings. The number of nitrogens with one attached hydrogen (secondary N) is 1. The van der Waals surface area contributed by atoms with Crippen LogP contribution in [0.5, 0.6) is 11.5 Å². The molecule has 5 nitrogen and oxygen atoms in total. The number of benzene rings is 2. The Balaban J connectivity index is 1.49. The first-order chi connectivity index (χ1) is 16.3. The number of hydrogen-bond donors (Lipinski definition) is 1. The molecule has 34 heavy (non-hydrogen) atoms. The lowest BCUT2D eigenvalue weighted by molar-refractivity contribution is -0.124. The van der Waals surface area contributed by atoms with E-state index in [1.807, 2.05) is 36.4 Å². The van der Waals surface area contributed by atoms with Crippen LogP contribution in [0.4, 0.5) is 0 Å². The van der Waals surface area contributed by atoms with Crippen LogP contribution < -0.4 is 14.8 Å². The molecule has 6 heteroatoms. The van der Waals surface area contributed by atoms with Gasteiger partial charge in [-0.05, 0) is 71.9 Å². The van der Waals surface area contributed by atoms with Crippen molar-refractivity contribution >= 4 is 29.3 Å². The first-order valence-corrected chi connectivity index (χ1v) is 12.4. The molecule has 1 aliphatic heterocycles. The van der Waals surface area contributed by atoms with E-state index in [0.29, 0.717) is 17.4 Å². The first-order valence-electron chi connectivity index (χ1n) is 12.0. The van der Waals surface area contributed by atoms with Gasteiger partial charge in [-0.2, -0.15) is 0 Å². The largest absolute Gasteiger partial charge is 0.496 e. The van der Waals surface area contributed by atoms with Crippen LogP contribution in [0.3, 0.4) is 0 Å². The Morgan fingerprint density at radius 1 is 1.09 bits per heavy atom. The van der Waals surface area contributed by atoms with Gasteiger partial charge < -0.3 is 14.8 Å². The summed E-state index contributed by atoms with van der Waals surface area (Å²) in [6.07, 6.45) is 7.42. The molecule has 0 unspecified atom stereocenters. The molecule has 0 aromatic heterocycles. The van der Waals surface area contributed by atoms with E-state index in [-0.39, 0.29) is 17.4 Å². The van der Waals surface area contributed by atoms with Crippen LogP contribution in [0.2, 0.25) is 0 Å². The fraction of sp³-hybridized carbons (Fsp3) is 0.429. The average molecular weight is 479 g/mol. The van der Waals surface area contributed by atoms with Crippen molar-refractivity contribution < 1.29 is 14.3 Å². The highest BCUT2D eigenvalue weighted by atomic mass is 32.1. The zero-order valence-electron chi connectivity index (χ0n) is 20.5. The summed E-state index contributed by atoms with van der Waals surface area (Å²) in [6.45, 7) is 6.94. The van der Waals surface area contributed by atoms with Crippen molar-refractivity contribution in [1.82, 2.24) is 10.2 Å². The molecular weight excluding hydrogens is 444 g/mol. The molecule has 0 radical (unpaired) electrons. The molecule has 1 saturated carbocycles. The van der Waals surface area contributed by atoms with Crippen LogP contribution >= 0.6 is 12.2 Å². The number of hydrogen-bond acceptors (Lipinski definition) is 4. The molecule has 1 N–H and O–H groups in total. The molecule has 2 aliphatic rings. The van der Waals surface area contributed by atoms with E-state index in [2.05, 4.69) is 38.2 Å². The van der Waals surface area contributed by atoms with Gasteiger partial charge in [-0.1, -0.05) is 58.2 Å². The number of carbonyl (C=O) groups excluding carboxylic acids is 1. The summed E-state index contributed by atoms with van der Waals surface area (Å²) in [6, 6.07) is 14.3. The Morgan fingerprint density at radius 2 is 1.79 bits per heavy atom. The molecule has 2 aromatic rings. The van der Waals surface area contributed by atoms with Crippen LogP contribution in [-0.2, 0) is 16.8 Å². The molecule has 0 atom stereocenters. The third kappa shape index (κ3) is 5.44. The summed E-state index contributed by atoms with van der Waals surface area (Å²) >= 11 is 5.50. The molecule has 1 heterocycles. The molecule has 4 rings (SSSR count). The monoisotopic (exact) mass is 478 g/mol. The van der Waals surface area contributed by atoms with Gasteiger partial charge in [0.05, 0.1) is 7.11 Å². The quantitative estimate of drug-likeness (QED) is 0.410. The fourth-order valence-corrected chi connectivity index (χ4v) is 4.94. The predicted molar refractivity (Wildman–Crippen MR) is 140 cm³/mol. The molecule has 0 spiro atoms. The second kappa shape index (κ2) is 10.2. The Bertz CT molecular complexity index is 1080. The number of rotatable bonds is 6. The lowest BCUT2D eigenvalue weighted by Gasteiger charge is -2.29. The molecule has 2 aromatic carbocycles. The minimum atomic E-state index is -0.0375. The van der Waals surface area contributed by atoms with Crippen molar-refractivity contribution in [2.75, 3.05) is 7.11 Å². The maximum absolute atomic E-state index is 13.1. The van der Waals surface area contributed by atoms with E-state index in [1.54, 1.807) is 12.0 Å². The van der Waals surface area contributed by atoms with Crippen LogP contribution in [0.15, 0.2) is 48.2 Å². The van der Waals surface area contributed by atoms with E-state index in [0.717, 1.165) is 48.3 Å². The van der Waals surface area contributed by atoms with Gasteiger partial charge in [0.2, 0.25) is 0 Å². The standard InChI is InChI=1S/C28H34N2O3S/c1-28(2,3)21-11-13-23(14-12-21)33-18-20-16-19(10-15-25(20)32-4)17-24-26(31)30(27(34)29-24)22-8-6-5-7-9-22/h10-17,22H,5-9,18H2,1-4H3,(H,29,34)/b24-17+. The van der Waals surface area contributed by atoms with Crippen LogP contribution in [-0.4, -0.2) is 29.1 Å². The number of amides is 1. The van der Waals surface area contributed by atoms with Gasteiger partial charge in [0.15, 0.2) is 5.11 Å². The Labute approximate surface area is 208 Å². The zero-order valence-corrected chi connectivity index (χ0v) is 21.3. The van der Waals surface area contributed by atoms with E-state index < -0.39 is 0 Å². The summed E-state index contributed by atoms with van der Waals surface area (Å²) in [4.78, 5) is 14.9. The molecule has 1 saturated heterocycles. The van der Waals surface area contributed by atoms with E-state index >= 15 is 0 Å². The fourth-order valence-electron chi connectivity index (χ4n) is 4.60. The molecule has 0 bridgehead atoms. The highest BCUT2D eigenvalue weighted by Crippen LogP contribution is 2.29. The van der Waals surface area contributed by atoms with Crippen molar-refractivity contribution in [2.24, 2.45) is 0 Å². The highest BCUT2D eigenvalue weighted by Gasteiger charge is 2.36. The Hall–Kier alpha value is -2.86. The van der Waals surface area contributed by atoms with Crippen molar-refractivity contribution in [3.63, 3.8) is 0 Å². The van der Waals surface area contributed by atoms with Crippen molar-refractivity contribution in [3.8, 4) is 11.5 Å². The average Bonchev–Trinajstić information content (AvgIpc) is 3.10. The maximum Gasteiger partial charge on any atom is 0.276 e. The van der Waals surface area contributed by atoms with Gasteiger partial charge in [0.25, 0.3) is 5.91 Å². The summed E-state index contributed by atoms with van der Waals surface area (Å²) in [5.41, 5.74) is 3.69. The van der Waals surface area contributed by atoms with Crippen LogP contribution in [0.25, 0.3) is 6.08 Å².